The van der Waals surface area contributed by atoms with Crippen LogP contribution in [0.4, 0.5) is 0 Å². The second-order valence-electron chi connectivity index (χ2n) is 4.68. The highest BCUT2D eigenvalue weighted by molar-refractivity contribution is 14.1. The van der Waals surface area contributed by atoms with Crippen LogP contribution in [0.25, 0.3) is 0 Å². The molecule has 3 nitrogen and oxygen atoms in total. The minimum atomic E-state index is 0.516. The minimum absolute atomic E-state index is 0.516. The van der Waals surface area contributed by atoms with Crippen molar-refractivity contribution in [3.05, 3.63) is 56.1 Å². The van der Waals surface area contributed by atoms with E-state index in [1.807, 2.05) is 42.5 Å². The van der Waals surface area contributed by atoms with E-state index in [0.29, 0.717) is 19.8 Å². The highest BCUT2D eigenvalue weighted by atomic mass is 127. The number of ether oxygens (including phenoxy) is 3. The largest absolute Gasteiger partial charge is 0.490 e. The summed E-state index contributed by atoms with van der Waals surface area (Å²) in [6.07, 6.45) is 0.848. The van der Waals surface area contributed by atoms with E-state index in [2.05, 4.69) is 38.5 Å². The highest BCUT2D eigenvalue weighted by Gasteiger charge is 2.10. The Hall–Kier alpha value is -0.790. The number of methoxy groups -OCH3 is 1. The van der Waals surface area contributed by atoms with Gasteiger partial charge in [-0.2, -0.15) is 0 Å². The van der Waals surface area contributed by atoms with Crippen LogP contribution in [0.5, 0.6) is 11.5 Å². The molecule has 0 N–H and O–H groups in total. The van der Waals surface area contributed by atoms with Crippen LogP contribution in [-0.2, 0) is 11.3 Å². The van der Waals surface area contributed by atoms with Gasteiger partial charge in [-0.25, -0.2) is 0 Å². The lowest BCUT2D eigenvalue weighted by Gasteiger charge is -2.14. The van der Waals surface area contributed by atoms with Gasteiger partial charge in [0, 0.05) is 28.2 Å². The van der Waals surface area contributed by atoms with Crippen LogP contribution in [0.15, 0.2) is 46.9 Å². The summed E-state index contributed by atoms with van der Waals surface area (Å²) in [6.45, 7) is 1.81. The van der Waals surface area contributed by atoms with Gasteiger partial charge in [0.25, 0.3) is 0 Å². The van der Waals surface area contributed by atoms with Gasteiger partial charge in [-0.15, -0.1) is 0 Å². The van der Waals surface area contributed by atoms with Gasteiger partial charge in [0.15, 0.2) is 11.5 Å². The molecule has 0 fully saturated rings. The lowest BCUT2D eigenvalue weighted by molar-refractivity contribution is 0.169. The Balaban J connectivity index is 2.05. The Labute approximate surface area is 153 Å². The standard InChI is InChI=1S/C17H18BrIO3/c1-20-8-5-9-21-17-11-15(19)14(18)10-16(17)22-12-13-6-3-2-4-7-13/h2-4,6-7,10-11H,5,8-9,12H2,1H3. The Morgan fingerprint density at radius 2 is 1.73 bits per heavy atom. The Morgan fingerprint density at radius 1 is 1.00 bits per heavy atom. The van der Waals surface area contributed by atoms with Crippen LogP contribution in [0.2, 0.25) is 0 Å². The maximum absolute atomic E-state index is 5.93. The third kappa shape index (κ3) is 5.44. The zero-order valence-corrected chi connectivity index (χ0v) is 16.1. The van der Waals surface area contributed by atoms with Gasteiger partial charge in [0.05, 0.1) is 6.61 Å². The molecule has 22 heavy (non-hydrogen) atoms. The number of halogens is 2. The molecule has 0 bridgehead atoms. The number of hydrogen-bond acceptors (Lipinski definition) is 3. The van der Waals surface area contributed by atoms with Crippen molar-refractivity contribution >= 4 is 38.5 Å². The van der Waals surface area contributed by atoms with Crippen LogP contribution in [0.3, 0.4) is 0 Å². The van der Waals surface area contributed by atoms with Crippen molar-refractivity contribution in [3.8, 4) is 11.5 Å². The maximum Gasteiger partial charge on any atom is 0.162 e. The first-order valence-electron chi connectivity index (χ1n) is 6.98. The molecule has 0 aliphatic heterocycles. The zero-order valence-electron chi connectivity index (χ0n) is 12.4. The summed E-state index contributed by atoms with van der Waals surface area (Å²) >= 11 is 5.80. The smallest absolute Gasteiger partial charge is 0.162 e. The molecule has 0 saturated carbocycles. The molecule has 0 atom stereocenters. The monoisotopic (exact) mass is 476 g/mol. The van der Waals surface area contributed by atoms with Crippen LogP contribution in [0.1, 0.15) is 12.0 Å². The predicted octanol–water partition coefficient (Wildman–Crippen LogP) is 5.05. The fraction of sp³-hybridized carbons (Fsp3) is 0.294. The second-order valence-corrected chi connectivity index (χ2v) is 6.70. The number of hydrogen-bond donors (Lipinski definition) is 0. The van der Waals surface area contributed by atoms with Gasteiger partial charge in [0.1, 0.15) is 6.61 Å². The fourth-order valence-electron chi connectivity index (χ4n) is 1.86. The van der Waals surface area contributed by atoms with E-state index in [9.17, 15) is 0 Å². The average Bonchev–Trinajstić information content (AvgIpc) is 2.54. The molecule has 2 rings (SSSR count). The molecule has 0 spiro atoms. The maximum atomic E-state index is 5.93. The van der Waals surface area contributed by atoms with E-state index in [4.69, 9.17) is 14.2 Å². The van der Waals surface area contributed by atoms with Crippen molar-refractivity contribution in [1.29, 1.82) is 0 Å². The van der Waals surface area contributed by atoms with Crippen molar-refractivity contribution in [1.82, 2.24) is 0 Å². The normalized spacial score (nSPS) is 10.5. The lowest BCUT2D eigenvalue weighted by atomic mass is 10.2. The summed E-state index contributed by atoms with van der Waals surface area (Å²) in [4.78, 5) is 0. The van der Waals surface area contributed by atoms with Gasteiger partial charge in [-0.1, -0.05) is 30.3 Å². The van der Waals surface area contributed by atoms with Crippen LogP contribution in [-0.4, -0.2) is 20.3 Å². The molecule has 5 heteroatoms. The molecular formula is C17H18BrIO3. The predicted molar refractivity (Wildman–Crippen MR) is 99.6 cm³/mol. The topological polar surface area (TPSA) is 27.7 Å². The first kappa shape index (κ1) is 17.6. The molecule has 0 aliphatic carbocycles. The van der Waals surface area contributed by atoms with Gasteiger partial charge in [0.2, 0.25) is 0 Å². The van der Waals surface area contributed by atoms with Crippen molar-refractivity contribution in [3.63, 3.8) is 0 Å². The number of benzene rings is 2. The molecule has 0 radical (unpaired) electrons. The van der Waals surface area contributed by atoms with Crippen molar-refractivity contribution < 1.29 is 14.2 Å². The molecule has 0 aliphatic rings. The Morgan fingerprint density at radius 3 is 2.45 bits per heavy atom. The molecule has 118 valence electrons. The molecule has 0 amide bonds. The first-order chi connectivity index (χ1) is 10.7. The Kier molecular flexibility index (Phi) is 7.48. The fourth-order valence-corrected chi connectivity index (χ4v) is 2.62. The van der Waals surface area contributed by atoms with Crippen LogP contribution >= 0.6 is 38.5 Å². The molecule has 0 heterocycles. The quantitative estimate of drug-likeness (QED) is 0.394. The van der Waals surface area contributed by atoms with Crippen LogP contribution < -0.4 is 9.47 Å². The average molecular weight is 477 g/mol. The highest BCUT2D eigenvalue weighted by Crippen LogP contribution is 2.35. The first-order valence-corrected chi connectivity index (χ1v) is 8.85. The minimum Gasteiger partial charge on any atom is -0.490 e. The van der Waals surface area contributed by atoms with E-state index in [0.717, 1.165) is 31.5 Å². The summed E-state index contributed by atoms with van der Waals surface area (Å²) in [5.41, 5.74) is 1.13. The van der Waals surface area contributed by atoms with Gasteiger partial charge < -0.3 is 14.2 Å². The molecule has 2 aromatic carbocycles. The molecule has 0 aromatic heterocycles. The van der Waals surface area contributed by atoms with Gasteiger partial charge in [-0.05, 0) is 56.2 Å². The summed E-state index contributed by atoms with van der Waals surface area (Å²) in [6, 6.07) is 14.0. The zero-order chi connectivity index (χ0) is 15.8. The van der Waals surface area contributed by atoms with E-state index in [-0.39, 0.29) is 0 Å². The van der Waals surface area contributed by atoms with E-state index in [1.165, 1.54) is 0 Å². The van der Waals surface area contributed by atoms with Crippen molar-refractivity contribution in [2.45, 2.75) is 13.0 Å². The summed E-state index contributed by atoms with van der Waals surface area (Å²) in [5.74, 6) is 1.51. The third-order valence-corrected chi connectivity index (χ3v) is 5.26. The SMILES string of the molecule is COCCCOc1cc(I)c(Br)cc1OCc1ccccc1. The molecular weight excluding hydrogens is 459 g/mol. The molecule has 0 saturated heterocycles. The second kappa shape index (κ2) is 9.37. The van der Waals surface area contributed by atoms with E-state index < -0.39 is 0 Å². The summed E-state index contributed by atoms with van der Waals surface area (Å²) < 4.78 is 18.9. The van der Waals surface area contributed by atoms with E-state index >= 15 is 0 Å². The van der Waals surface area contributed by atoms with Crippen molar-refractivity contribution in [2.24, 2.45) is 0 Å². The van der Waals surface area contributed by atoms with Crippen molar-refractivity contribution in [2.75, 3.05) is 20.3 Å². The van der Waals surface area contributed by atoms with Gasteiger partial charge >= 0.3 is 0 Å². The summed E-state index contributed by atoms with van der Waals surface area (Å²) in [7, 11) is 1.69. The van der Waals surface area contributed by atoms with Crippen LogP contribution in [0, 0.1) is 3.57 Å². The Bertz CT molecular complexity index is 590. The number of rotatable bonds is 8. The van der Waals surface area contributed by atoms with Gasteiger partial charge in [-0.3, -0.25) is 0 Å². The molecule has 2 aromatic rings. The third-order valence-electron chi connectivity index (χ3n) is 2.97. The summed E-state index contributed by atoms with van der Waals surface area (Å²) in [5, 5.41) is 0. The lowest BCUT2D eigenvalue weighted by Crippen LogP contribution is -2.04. The van der Waals surface area contributed by atoms with E-state index in [1.54, 1.807) is 7.11 Å². The molecule has 0 unspecified atom stereocenters.